The number of nitrogens with one attached hydrogen (secondary N) is 1. The van der Waals surface area contributed by atoms with Crippen LogP contribution in [0.4, 0.5) is 11.4 Å². The van der Waals surface area contributed by atoms with Gasteiger partial charge in [-0.05, 0) is 68.3 Å². The lowest BCUT2D eigenvalue weighted by atomic mass is 10.1. The lowest BCUT2D eigenvalue weighted by Crippen LogP contribution is -2.52. The van der Waals surface area contributed by atoms with Gasteiger partial charge in [-0.3, -0.25) is 24.0 Å². The summed E-state index contributed by atoms with van der Waals surface area (Å²) in [6, 6.07) is 15.4. The van der Waals surface area contributed by atoms with Crippen molar-refractivity contribution in [2.45, 2.75) is 44.7 Å². The highest BCUT2D eigenvalue weighted by Gasteiger charge is 2.34. The van der Waals surface area contributed by atoms with Gasteiger partial charge < -0.3 is 15.0 Å². The van der Waals surface area contributed by atoms with Gasteiger partial charge in [-0.25, -0.2) is 8.42 Å². The van der Waals surface area contributed by atoms with E-state index in [0.717, 1.165) is 10.4 Å². The Bertz CT molecular complexity index is 1530. The predicted octanol–water partition coefficient (Wildman–Crippen LogP) is 4.70. The monoisotopic (exact) mass is 616 g/mol. The van der Waals surface area contributed by atoms with Gasteiger partial charge in [-0.15, -0.1) is 0 Å². The van der Waals surface area contributed by atoms with Gasteiger partial charge in [0.15, 0.2) is 0 Å². The third-order valence-electron chi connectivity index (χ3n) is 6.61. The molecule has 3 rings (SSSR count). The molecule has 0 spiro atoms. The Labute approximate surface area is 250 Å². The molecule has 42 heavy (non-hydrogen) atoms. The largest absolute Gasteiger partial charge is 0.497 e. The molecule has 0 unspecified atom stereocenters. The summed E-state index contributed by atoms with van der Waals surface area (Å²) in [5, 5.41) is 14.8. The second kappa shape index (κ2) is 14.1. The van der Waals surface area contributed by atoms with Gasteiger partial charge in [-0.2, -0.15) is 0 Å². The molecule has 0 saturated heterocycles. The smallest absolute Gasteiger partial charge is 0.273 e. The molecule has 3 aromatic rings. The number of amides is 2. The van der Waals surface area contributed by atoms with E-state index in [0.29, 0.717) is 22.9 Å². The number of nitro groups is 1. The summed E-state index contributed by atoms with van der Waals surface area (Å²) >= 11 is 6.03. The summed E-state index contributed by atoms with van der Waals surface area (Å²) in [6.07, 6.45) is 0.268. The molecule has 0 aliphatic carbocycles. The average molecular weight is 617 g/mol. The van der Waals surface area contributed by atoms with E-state index in [1.54, 1.807) is 38.1 Å². The molecule has 0 heterocycles. The SMILES string of the molecule is CCNC(=O)[C@H](CC)N(Cc1ccc(Cl)cc1)C(=O)CN(c1ccc(OC)cc1)S(=O)(=O)c1ccc(C)c([N+](=O)[O-])c1. The number of aryl methyl sites for hydroxylation is 1. The van der Waals surface area contributed by atoms with Crippen molar-refractivity contribution >= 4 is 44.8 Å². The molecule has 0 fully saturated rings. The van der Waals surface area contributed by atoms with Crippen molar-refractivity contribution in [3.63, 3.8) is 0 Å². The Morgan fingerprint density at radius 3 is 2.24 bits per heavy atom. The van der Waals surface area contributed by atoms with Crippen molar-refractivity contribution in [1.82, 2.24) is 10.2 Å². The number of carbonyl (C=O) groups excluding carboxylic acids is 2. The Kier molecular flexibility index (Phi) is 10.9. The standard InChI is InChI=1S/C29H33ClN4O7S/c1-5-26(29(36)31-6-2)32(18-21-8-10-22(30)11-9-21)28(35)19-33(23-12-14-24(41-4)15-13-23)42(39,40)25-16-7-20(3)27(17-25)34(37)38/h7-17,26H,5-6,18-19H2,1-4H3,(H,31,36)/t26-/m0/s1. The molecule has 2 amide bonds. The third kappa shape index (κ3) is 7.56. The van der Waals surface area contributed by atoms with Gasteiger partial charge in [0.2, 0.25) is 11.8 Å². The number of halogens is 1. The topological polar surface area (TPSA) is 139 Å². The average Bonchev–Trinajstić information content (AvgIpc) is 2.96. The van der Waals surface area contributed by atoms with Crippen molar-refractivity contribution in [2.75, 3.05) is 24.5 Å². The van der Waals surface area contributed by atoms with Crippen LogP contribution in [-0.2, 0) is 26.2 Å². The van der Waals surface area contributed by atoms with Crippen LogP contribution < -0.4 is 14.4 Å². The molecule has 224 valence electrons. The highest BCUT2D eigenvalue weighted by molar-refractivity contribution is 7.92. The van der Waals surface area contributed by atoms with E-state index in [4.69, 9.17) is 16.3 Å². The van der Waals surface area contributed by atoms with Crippen LogP contribution in [0.5, 0.6) is 5.75 Å². The second-order valence-corrected chi connectivity index (χ2v) is 11.7. The lowest BCUT2D eigenvalue weighted by molar-refractivity contribution is -0.385. The highest BCUT2D eigenvalue weighted by Crippen LogP contribution is 2.29. The van der Waals surface area contributed by atoms with Gasteiger partial charge >= 0.3 is 0 Å². The minimum absolute atomic E-state index is 0.0121. The quantitative estimate of drug-likeness (QED) is 0.217. The predicted molar refractivity (Wildman–Crippen MR) is 160 cm³/mol. The fourth-order valence-electron chi connectivity index (χ4n) is 4.35. The Morgan fingerprint density at radius 1 is 1.05 bits per heavy atom. The molecule has 11 nitrogen and oxygen atoms in total. The first-order valence-electron chi connectivity index (χ1n) is 13.2. The van der Waals surface area contributed by atoms with E-state index in [-0.39, 0.29) is 40.7 Å². The molecule has 0 radical (unpaired) electrons. The fourth-order valence-corrected chi connectivity index (χ4v) is 5.91. The number of likely N-dealkylation sites (N-methyl/N-ethyl adjacent to an activating group) is 1. The minimum atomic E-state index is -4.49. The van der Waals surface area contributed by atoms with Crippen LogP contribution in [0.3, 0.4) is 0 Å². The molecule has 0 aliphatic heterocycles. The number of benzene rings is 3. The first-order chi connectivity index (χ1) is 19.9. The number of methoxy groups -OCH3 is 1. The summed E-state index contributed by atoms with van der Waals surface area (Å²) in [4.78, 5) is 38.9. The Morgan fingerprint density at radius 2 is 1.69 bits per heavy atom. The second-order valence-electron chi connectivity index (χ2n) is 9.38. The zero-order chi connectivity index (χ0) is 31.0. The van der Waals surface area contributed by atoms with Crippen LogP contribution in [0.2, 0.25) is 5.02 Å². The number of rotatable bonds is 13. The number of hydrogen-bond acceptors (Lipinski definition) is 7. The van der Waals surface area contributed by atoms with E-state index in [2.05, 4.69) is 5.32 Å². The van der Waals surface area contributed by atoms with Crippen molar-refractivity contribution in [3.8, 4) is 5.75 Å². The third-order valence-corrected chi connectivity index (χ3v) is 8.63. The van der Waals surface area contributed by atoms with Gasteiger partial charge in [0.05, 0.1) is 22.6 Å². The molecule has 3 aromatic carbocycles. The molecular formula is C29H33ClN4O7S. The first-order valence-corrected chi connectivity index (χ1v) is 15.0. The minimum Gasteiger partial charge on any atom is -0.497 e. The molecule has 0 saturated carbocycles. The van der Waals surface area contributed by atoms with E-state index >= 15 is 0 Å². The van der Waals surface area contributed by atoms with Crippen LogP contribution >= 0.6 is 11.6 Å². The van der Waals surface area contributed by atoms with Crippen molar-refractivity contribution in [2.24, 2.45) is 0 Å². The van der Waals surface area contributed by atoms with Crippen molar-refractivity contribution in [1.29, 1.82) is 0 Å². The van der Waals surface area contributed by atoms with Crippen LogP contribution in [0.25, 0.3) is 0 Å². The number of nitro benzene ring substituents is 1. The van der Waals surface area contributed by atoms with Gasteiger partial charge in [0.1, 0.15) is 18.3 Å². The molecule has 1 atom stereocenters. The number of hydrogen-bond donors (Lipinski definition) is 1. The molecule has 0 bridgehead atoms. The maximum absolute atomic E-state index is 14.0. The number of sulfonamides is 1. The van der Waals surface area contributed by atoms with Crippen LogP contribution in [0, 0.1) is 17.0 Å². The molecule has 13 heteroatoms. The molecule has 1 N–H and O–H groups in total. The summed E-state index contributed by atoms with van der Waals surface area (Å²) in [6.45, 7) is 4.69. The Balaban J connectivity index is 2.11. The zero-order valence-corrected chi connectivity index (χ0v) is 25.3. The van der Waals surface area contributed by atoms with E-state index in [1.807, 2.05) is 0 Å². The summed E-state index contributed by atoms with van der Waals surface area (Å²) in [7, 11) is -3.04. The lowest BCUT2D eigenvalue weighted by Gasteiger charge is -2.33. The number of ether oxygens (including phenoxy) is 1. The number of nitrogens with zero attached hydrogens (tertiary/aromatic N) is 3. The number of carbonyl (C=O) groups is 2. The molecular weight excluding hydrogens is 584 g/mol. The number of anilines is 1. The summed E-state index contributed by atoms with van der Waals surface area (Å²) in [5.74, 6) is -0.570. The van der Waals surface area contributed by atoms with Gasteiger partial charge in [0, 0.05) is 29.7 Å². The highest BCUT2D eigenvalue weighted by atomic mass is 35.5. The molecule has 0 aliphatic rings. The van der Waals surface area contributed by atoms with Crippen LogP contribution in [-0.4, -0.2) is 56.3 Å². The van der Waals surface area contributed by atoms with E-state index in [9.17, 15) is 28.1 Å². The maximum Gasteiger partial charge on any atom is 0.273 e. The maximum atomic E-state index is 14.0. The van der Waals surface area contributed by atoms with Crippen molar-refractivity contribution < 1.29 is 27.7 Å². The van der Waals surface area contributed by atoms with Gasteiger partial charge in [-0.1, -0.05) is 36.7 Å². The van der Waals surface area contributed by atoms with E-state index < -0.39 is 33.4 Å². The summed E-state index contributed by atoms with van der Waals surface area (Å²) in [5.41, 5.74) is 0.727. The fraction of sp³-hybridized carbons (Fsp3) is 0.310. The summed E-state index contributed by atoms with van der Waals surface area (Å²) < 4.78 is 34.1. The van der Waals surface area contributed by atoms with E-state index in [1.165, 1.54) is 55.3 Å². The van der Waals surface area contributed by atoms with Crippen molar-refractivity contribution in [3.05, 3.63) is 93.0 Å². The van der Waals surface area contributed by atoms with Gasteiger partial charge in [0.25, 0.3) is 15.7 Å². The van der Waals surface area contributed by atoms with Crippen LogP contribution in [0.1, 0.15) is 31.4 Å². The van der Waals surface area contributed by atoms with Crippen LogP contribution in [0.15, 0.2) is 71.6 Å². The first kappa shape index (κ1) is 32.4. The molecule has 0 aromatic heterocycles. The Hall–Kier alpha value is -4.16. The normalized spacial score (nSPS) is 11.8. The zero-order valence-electron chi connectivity index (χ0n) is 23.7.